The van der Waals surface area contributed by atoms with Crippen molar-refractivity contribution in [3.63, 3.8) is 0 Å². The molecular weight excluding hydrogens is 378 g/mol. The van der Waals surface area contributed by atoms with E-state index in [9.17, 15) is 5.26 Å². The van der Waals surface area contributed by atoms with E-state index in [2.05, 4.69) is 35.0 Å². The average Bonchev–Trinajstić information content (AvgIpc) is 3.42. The molecule has 2 aromatic carbocycles. The summed E-state index contributed by atoms with van der Waals surface area (Å²) in [4.78, 5) is 5.53. The van der Waals surface area contributed by atoms with Crippen molar-refractivity contribution < 1.29 is 9.47 Å². The van der Waals surface area contributed by atoms with Gasteiger partial charge in [-0.1, -0.05) is 0 Å². The summed E-state index contributed by atoms with van der Waals surface area (Å²) in [6.07, 6.45) is 3.99. The number of hydrogen-bond donors (Lipinski definition) is 1. The number of morpholine rings is 1. The topological polar surface area (TPSA) is 79.1 Å². The lowest BCUT2D eigenvalue weighted by molar-refractivity contribution is 0.123. The zero-order valence-corrected chi connectivity index (χ0v) is 17.1. The van der Waals surface area contributed by atoms with Gasteiger partial charge in [0, 0.05) is 47.3 Å². The van der Waals surface area contributed by atoms with E-state index < -0.39 is 0 Å². The monoisotopic (exact) mass is 401 g/mol. The molecule has 0 spiro atoms. The Morgan fingerprint density at radius 2 is 2.10 bits per heavy atom. The van der Waals surface area contributed by atoms with E-state index in [0.717, 1.165) is 57.5 Å². The highest BCUT2D eigenvalue weighted by atomic mass is 16.5. The highest BCUT2D eigenvalue weighted by Crippen LogP contribution is 2.33. The molecule has 30 heavy (non-hydrogen) atoms. The van der Waals surface area contributed by atoms with Crippen LogP contribution in [0.5, 0.6) is 5.75 Å². The van der Waals surface area contributed by atoms with Gasteiger partial charge in [0.25, 0.3) is 0 Å². The molecule has 3 heterocycles. The van der Waals surface area contributed by atoms with Crippen LogP contribution >= 0.6 is 0 Å². The van der Waals surface area contributed by atoms with Crippen molar-refractivity contribution in [3.8, 4) is 11.8 Å². The van der Waals surface area contributed by atoms with E-state index in [1.54, 1.807) is 7.11 Å². The molecule has 1 saturated heterocycles. The summed E-state index contributed by atoms with van der Waals surface area (Å²) < 4.78 is 13.1. The van der Waals surface area contributed by atoms with Crippen molar-refractivity contribution in [2.24, 2.45) is 0 Å². The number of rotatable bonds is 4. The molecular formula is C23H23N5O2. The van der Waals surface area contributed by atoms with Crippen LogP contribution in [-0.4, -0.2) is 48.2 Å². The lowest BCUT2D eigenvalue weighted by Gasteiger charge is -2.29. The van der Waals surface area contributed by atoms with Crippen LogP contribution in [0.1, 0.15) is 16.7 Å². The van der Waals surface area contributed by atoms with Gasteiger partial charge < -0.3 is 19.4 Å². The maximum absolute atomic E-state index is 9.68. The number of nitriles is 1. The second-order valence-corrected chi connectivity index (χ2v) is 7.58. The van der Waals surface area contributed by atoms with Gasteiger partial charge in [-0.25, -0.2) is 0 Å². The molecule has 7 nitrogen and oxygen atoms in total. The maximum atomic E-state index is 9.68. The molecule has 0 atom stereocenters. The van der Waals surface area contributed by atoms with Gasteiger partial charge in [0.05, 0.1) is 38.1 Å². The lowest BCUT2D eigenvalue weighted by Crippen LogP contribution is -2.36. The van der Waals surface area contributed by atoms with Crippen molar-refractivity contribution in [1.82, 2.24) is 14.8 Å². The van der Waals surface area contributed by atoms with E-state index >= 15 is 0 Å². The molecule has 0 bridgehead atoms. The second-order valence-electron chi connectivity index (χ2n) is 7.58. The van der Waals surface area contributed by atoms with Crippen molar-refractivity contribution in [3.05, 3.63) is 53.3 Å². The number of aromatic nitrogens is 3. The van der Waals surface area contributed by atoms with Crippen molar-refractivity contribution in [2.45, 2.75) is 13.5 Å². The summed E-state index contributed by atoms with van der Waals surface area (Å²) in [5.74, 6) is 0.852. The Labute approximate surface area is 174 Å². The first-order valence-corrected chi connectivity index (χ1v) is 10.1. The number of nitrogens with one attached hydrogen (secondary N) is 1. The highest BCUT2D eigenvalue weighted by molar-refractivity contribution is 5.94. The molecule has 5 rings (SSSR count). The Morgan fingerprint density at radius 3 is 2.87 bits per heavy atom. The minimum atomic E-state index is 0.580. The van der Waals surface area contributed by atoms with Gasteiger partial charge in [-0.3, -0.25) is 4.68 Å². The van der Waals surface area contributed by atoms with Crippen LogP contribution in [0.3, 0.4) is 0 Å². The molecule has 152 valence electrons. The van der Waals surface area contributed by atoms with Crippen LogP contribution in [0, 0.1) is 18.3 Å². The summed E-state index contributed by atoms with van der Waals surface area (Å²) in [5, 5.41) is 16.7. The zero-order valence-electron chi connectivity index (χ0n) is 17.1. The van der Waals surface area contributed by atoms with Crippen LogP contribution in [0.15, 0.2) is 36.7 Å². The summed E-state index contributed by atoms with van der Waals surface area (Å²) in [6, 6.07) is 10.3. The quantitative estimate of drug-likeness (QED) is 0.565. The normalized spacial score (nSPS) is 14.4. The van der Waals surface area contributed by atoms with Crippen LogP contribution in [0.25, 0.3) is 21.8 Å². The molecule has 7 heteroatoms. The second kappa shape index (κ2) is 7.39. The predicted octanol–water partition coefficient (Wildman–Crippen LogP) is 3.59. The summed E-state index contributed by atoms with van der Waals surface area (Å²) >= 11 is 0. The number of fused-ring (bicyclic) bond motifs is 2. The smallest absolute Gasteiger partial charge is 0.124 e. The standard InChI is InChI=1S/C23H23N5O2/c1-15-11-20(29-2)19(18-5-6-25-21(15)18)14-28-13-17-4-3-16(12-24)23(22(17)26-28)27-7-9-30-10-8-27/h3-6,11,13,25H,7-10,14H2,1-2H3. The van der Waals surface area contributed by atoms with E-state index in [-0.39, 0.29) is 0 Å². The minimum absolute atomic E-state index is 0.580. The third-order valence-electron chi connectivity index (χ3n) is 5.80. The van der Waals surface area contributed by atoms with Crippen molar-refractivity contribution in [1.29, 1.82) is 5.26 Å². The molecule has 1 aliphatic rings. The van der Waals surface area contributed by atoms with Gasteiger partial charge in [0.2, 0.25) is 0 Å². The molecule has 0 amide bonds. The molecule has 0 aliphatic carbocycles. The first-order chi connectivity index (χ1) is 14.7. The molecule has 0 saturated carbocycles. The van der Waals surface area contributed by atoms with Crippen LogP contribution in [0.2, 0.25) is 0 Å². The van der Waals surface area contributed by atoms with E-state index in [1.165, 1.54) is 0 Å². The summed E-state index contributed by atoms with van der Waals surface area (Å²) in [7, 11) is 1.70. The zero-order chi connectivity index (χ0) is 20.7. The molecule has 4 aromatic rings. The Kier molecular flexibility index (Phi) is 4.57. The number of aryl methyl sites for hydroxylation is 1. The predicted molar refractivity (Wildman–Crippen MR) is 116 cm³/mol. The molecule has 1 aliphatic heterocycles. The van der Waals surface area contributed by atoms with Crippen LogP contribution in [0.4, 0.5) is 5.69 Å². The van der Waals surface area contributed by atoms with Gasteiger partial charge in [0.1, 0.15) is 17.3 Å². The summed E-state index contributed by atoms with van der Waals surface area (Å²) in [5.41, 5.74) is 5.75. The number of nitrogens with zero attached hydrogens (tertiary/aromatic N) is 4. The number of ether oxygens (including phenoxy) is 2. The number of aromatic amines is 1. The Bertz CT molecular complexity index is 1270. The van der Waals surface area contributed by atoms with E-state index in [4.69, 9.17) is 14.6 Å². The van der Waals surface area contributed by atoms with Gasteiger partial charge in [-0.2, -0.15) is 10.4 Å². The van der Waals surface area contributed by atoms with Crippen molar-refractivity contribution >= 4 is 27.5 Å². The largest absolute Gasteiger partial charge is 0.496 e. The SMILES string of the molecule is COc1cc(C)c2[nH]ccc2c1Cn1cc2ccc(C#N)c(N3CCOCC3)c2n1. The number of methoxy groups -OCH3 is 1. The van der Waals surface area contributed by atoms with Gasteiger partial charge >= 0.3 is 0 Å². The first kappa shape index (κ1) is 18.5. The lowest BCUT2D eigenvalue weighted by atomic mass is 10.0. The molecule has 1 fully saturated rings. The van der Waals surface area contributed by atoms with Gasteiger partial charge in [-0.15, -0.1) is 0 Å². The third kappa shape index (κ3) is 2.97. The summed E-state index contributed by atoms with van der Waals surface area (Å²) in [6.45, 7) is 5.50. The fourth-order valence-electron chi connectivity index (χ4n) is 4.34. The highest BCUT2D eigenvalue weighted by Gasteiger charge is 2.21. The molecule has 2 aromatic heterocycles. The van der Waals surface area contributed by atoms with E-state index in [0.29, 0.717) is 25.3 Å². The fourth-order valence-corrected chi connectivity index (χ4v) is 4.34. The maximum Gasteiger partial charge on any atom is 0.124 e. The Balaban J connectivity index is 1.62. The van der Waals surface area contributed by atoms with Crippen LogP contribution < -0.4 is 9.64 Å². The van der Waals surface area contributed by atoms with Crippen molar-refractivity contribution in [2.75, 3.05) is 38.3 Å². The molecule has 0 radical (unpaired) electrons. The average molecular weight is 401 g/mol. The number of benzene rings is 2. The number of hydrogen-bond acceptors (Lipinski definition) is 5. The third-order valence-corrected chi connectivity index (χ3v) is 5.80. The number of H-pyrrole nitrogens is 1. The van der Waals surface area contributed by atoms with Crippen LogP contribution in [-0.2, 0) is 11.3 Å². The fraction of sp³-hybridized carbons (Fsp3) is 0.304. The number of anilines is 1. The minimum Gasteiger partial charge on any atom is -0.496 e. The van der Waals surface area contributed by atoms with Gasteiger partial charge in [0.15, 0.2) is 0 Å². The molecule has 0 unspecified atom stereocenters. The first-order valence-electron chi connectivity index (χ1n) is 10.1. The van der Waals surface area contributed by atoms with Gasteiger partial charge in [-0.05, 0) is 36.8 Å². The van der Waals surface area contributed by atoms with E-state index in [1.807, 2.05) is 29.2 Å². The molecule has 1 N–H and O–H groups in total. The Morgan fingerprint density at radius 1 is 1.27 bits per heavy atom. The Hall–Kier alpha value is -3.50.